The topological polar surface area (TPSA) is 37.9 Å². The summed E-state index contributed by atoms with van der Waals surface area (Å²) in [7, 11) is 0. The number of imidazole rings is 1. The quantitative estimate of drug-likeness (QED) is 0.553. The Kier molecular flexibility index (Phi) is 5.57. The zero-order valence-electron chi connectivity index (χ0n) is 12.3. The van der Waals surface area contributed by atoms with E-state index < -0.39 is 0 Å². The van der Waals surface area contributed by atoms with Crippen LogP contribution >= 0.6 is 46.4 Å². The first-order valence-corrected chi connectivity index (χ1v) is 8.57. The Morgan fingerprint density at radius 2 is 1.79 bits per heavy atom. The lowest BCUT2D eigenvalue weighted by atomic mass is 10.1. The van der Waals surface area contributed by atoms with Gasteiger partial charge in [0.1, 0.15) is 18.2 Å². The van der Waals surface area contributed by atoms with Gasteiger partial charge >= 0.3 is 0 Å². The molecule has 3 nitrogen and oxygen atoms in total. The number of halogens is 4. The number of nitrogens with one attached hydrogen (secondary N) is 1. The first-order chi connectivity index (χ1) is 11.5. The van der Waals surface area contributed by atoms with Crippen LogP contribution in [-0.4, -0.2) is 9.97 Å². The van der Waals surface area contributed by atoms with E-state index >= 15 is 0 Å². The van der Waals surface area contributed by atoms with Crippen molar-refractivity contribution in [3.63, 3.8) is 0 Å². The lowest BCUT2D eigenvalue weighted by Crippen LogP contribution is -2.01. The fourth-order valence-electron chi connectivity index (χ4n) is 2.23. The van der Waals surface area contributed by atoms with Gasteiger partial charge in [0.05, 0.1) is 10.0 Å². The standard InChI is InChI=1S/C17H12Cl4N2O/c18-11-6-14(20)12(8-17-22-3-4-23-17)16(7-11)24-9-10-1-2-13(19)15(21)5-10/h1-7H,8-9H2,(H,22,23). The molecular weight excluding hydrogens is 390 g/mol. The lowest BCUT2D eigenvalue weighted by molar-refractivity contribution is 0.303. The van der Waals surface area contributed by atoms with Crippen molar-refractivity contribution in [2.45, 2.75) is 13.0 Å². The SMILES string of the molecule is Clc1cc(Cl)c(Cc2ncc[nH]2)c(OCc2ccc(Cl)c(Cl)c2)c1. The molecule has 2 aromatic carbocycles. The summed E-state index contributed by atoms with van der Waals surface area (Å²) < 4.78 is 5.92. The molecule has 7 heteroatoms. The predicted octanol–water partition coefficient (Wildman–Crippen LogP) is 6.19. The summed E-state index contributed by atoms with van der Waals surface area (Å²) in [6.07, 6.45) is 3.96. The Hall–Kier alpha value is -1.39. The van der Waals surface area contributed by atoms with Crippen molar-refractivity contribution in [2.75, 3.05) is 0 Å². The average Bonchev–Trinajstić information content (AvgIpc) is 3.04. The van der Waals surface area contributed by atoms with E-state index in [-0.39, 0.29) is 0 Å². The molecule has 0 saturated carbocycles. The van der Waals surface area contributed by atoms with Gasteiger partial charge in [-0.3, -0.25) is 0 Å². The maximum Gasteiger partial charge on any atom is 0.126 e. The molecule has 24 heavy (non-hydrogen) atoms. The van der Waals surface area contributed by atoms with Crippen LogP contribution in [0.4, 0.5) is 0 Å². The van der Waals surface area contributed by atoms with Gasteiger partial charge in [-0.1, -0.05) is 52.5 Å². The molecular formula is C17H12Cl4N2O. The number of ether oxygens (including phenoxy) is 1. The van der Waals surface area contributed by atoms with Crippen molar-refractivity contribution in [3.05, 3.63) is 79.8 Å². The van der Waals surface area contributed by atoms with Crippen LogP contribution in [0.15, 0.2) is 42.7 Å². The molecule has 0 aliphatic carbocycles. The average molecular weight is 402 g/mol. The van der Waals surface area contributed by atoms with Gasteiger partial charge in [0.25, 0.3) is 0 Å². The molecule has 0 radical (unpaired) electrons. The maximum atomic E-state index is 6.33. The van der Waals surface area contributed by atoms with Crippen molar-refractivity contribution in [3.8, 4) is 5.75 Å². The zero-order chi connectivity index (χ0) is 17.1. The Morgan fingerprint density at radius 3 is 2.50 bits per heavy atom. The van der Waals surface area contributed by atoms with Crippen LogP contribution in [0, 0.1) is 0 Å². The minimum Gasteiger partial charge on any atom is -0.488 e. The number of benzene rings is 2. The molecule has 0 atom stereocenters. The molecule has 1 heterocycles. The van der Waals surface area contributed by atoms with E-state index in [1.54, 1.807) is 36.7 Å². The Labute approximate surface area is 159 Å². The molecule has 0 amide bonds. The third kappa shape index (κ3) is 4.17. The highest BCUT2D eigenvalue weighted by atomic mass is 35.5. The van der Waals surface area contributed by atoms with Crippen LogP contribution in [0.1, 0.15) is 17.0 Å². The first kappa shape index (κ1) is 17.4. The van der Waals surface area contributed by atoms with Crippen LogP contribution in [0.2, 0.25) is 20.1 Å². The summed E-state index contributed by atoms with van der Waals surface area (Å²) in [6.45, 7) is 0.318. The number of rotatable bonds is 5. The second kappa shape index (κ2) is 7.66. The minimum absolute atomic E-state index is 0.318. The third-order valence-electron chi connectivity index (χ3n) is 3.40. The van der Waals surface area contributed by atoms with E-state index in [2.05, 4.69) is 9.97 Å². The summed E-state index contributed by atoms with van der Waals surface area (Å²) in [5, 5.41) is 2.03. The van der Waals surface area contributed by atoms with Gasteiger partial charge in [0.15, 0.2) is 0 Å². The van der Waals surface area contributed by atoms with Crippen molar-refractivity contribution in [1.82, 2.24) is 9.97 Å². The molecule has 0 bridgehead atoms. The van der Waals surface area contributed by atoms with E-state index in [4.69, 9.17) is 51.1 Å². The fourth-order valence-corrected chi connectivity index (χ4v) is 3.10. The number of nitrogens with zero attached hydrogens (tertiary/aromatic N) is 1. The molecule has 0 aliphatic heterocycles. The molecule has 0 fully saturated rings. The number of H-pyrrole nitrogens is 1. The van der Waals surface area contributed by atoms with Gasteiger partial charge in [-0.05, 0) is 29.8 Å². The smallest absolute Gasteiger partial charge is 0.126 e. The molecule has 0 spiro atoms. The Morgan fingerprint density at radius 1 is 0.958 bits per heavy atom. The van der Waals surface area contributed by atoms with Crippen LogP contribution in [0.3, 0.4) is 0 Å². The summed E-state index contributed by atoms with van der Waals surface area (Å²) >= 11 is 24.4. The highest BCUT2D eigenvalue weighted by molar-refractivity contribution is 6.42. The normalized spacial score (nSPS) is 10.8. The summed E-state index contributed by atoms with van der Waals surface area (Å²) in [5.41, 5.74) is 1.71. The Balaban J connectivity index is 1.84. The number of hydrogen-bond donors (Lipinski definition) is 1. The van der Waals surface area contributed by atoms with E-state index in [9.17, 15) is 0 Å². The molecule has 0 saturated heterocycles. The maximum absolute atomic E-state index is 6.33. The second-order valence-electron chi connectivity index (χ2n) is 5.11. The van der Waals surface area contributed by atoms with Gasteiger partial charge in [-0.25, -0.2) is 4.98 Å². The number of aromatic nitrogens is 2. The van der Waals surface area contributed by atoms with E-state index in [0.29, 0.717) is 38.9 Å². The molecule has 3 aromatic rings. The van der Waals surface area contributed by atoms with Gasteiger partial charge in [-0.2, -0.15) is 0 Å². The lowest BCUT2D eigenvalue weighted by Gasteiger charge is -2.13. The third-order valence-corrected chi connectivity index (χ3v) is 4.69. The summed E-state index contributed by atoms with van der Waals surface area (Å²) in [6, 6.07) is 8.78. The van der Waals surface area contributed by atoms with Crippen LogP contribution in [0.5, 0.6) is 5.75 Å². The van der Waals surface area contributed by atoms with Crippen LogP contribution in [0.25, 0.3) is 0 Å². The van der Waals surface area contributed by atoms with E-state index in [1.807, 2.05) is 6.07 Å². The summed E-state index contributed by atoms with van der Waals surface area (Å²) in [4.78, 5) is 7.27. The van der Waals surface area contributed by atoms with Crippen molar-refractivity contribution in [1.29, 1.82) is 0 Å². The Bertz CT molecular complexity index is 850. The summed E-state index contributed by atoms with van der Waals surface area (Å²) in [5.74, 6) is 1.40. The highest BCUT2D eigenvalue weighted by Gasteiger charge is 2.13. The van der Waals surface area contributed by atoms with Gasteiger partial charge in [0.2, 0.25) is 0 Å². The van der Waals surface area contributed by atoms with Crippen molar-refractivity contribution in [2.24, 2.45) is 0 Å². The molecule has 0 unspecified atom stereocenters. The minimum atomic E-state index is 0.318. The largest absolute Gasteiger partial charge is 0.488 e. The van der Waals surface area contributed by atoms with Crippen molar-refractivity contribution >= 4 is 46.4 Å². The highest BCUT2D eigenvalue weighted by Crippen LogP contribution is 2.33. The van der Waals surface area contributed by atoms with E-state index in [0.717, 1.165) is 17.0 Å². The second-order valence-corrected chi connectivity index (χ2v) is 6.77. The zero-order valence-corrected chi connectivity index (χ0v) is 15.3. The fraction of sp³-hybridized carbons (Fsp3) is 0.118. The van der Waals surface area contributed by atoms with Gasteiger partial charge in [0, 0.05) is 34.4 Å². The number of hydrogen-bond acceptors (Lipinski definition) is 2. The molecule has 1 aromatic heterocycles. The van der Waals surface area contributed by atoms with Crippen LogP contribution < -0.4 is 4.74 Å². The number of aromatic amines is 1. The molecule has 1 N–H and O–H groups in total. The van der Waals surface area contributed by atoms with Gasteiger partial charge in [-0.15, -0.1) is 0 Å². The molecule has 124 valence electrons. The van der Waals surface area contributed by atoms with Crippen LogP contribution in [-0.2, 0) is 13.0 Å². The van der Waals surface area contributed by atoms with Gasteiger partial charge < -0.3 is 9.72 Å². The first-order valence-electron chi connectivity index (χ1n) is 7.06. The molecule has 3 rings (SSSR count). The monoisotopic (exact) mass is 400 g/mol. The predicted molar refractivity (Wildman–Crippen MR) is 98.6 cm³/mol. The van der Waals surface area contributed by atoms with E-state index in [1.165, 1.54) is 0 Å². The van der Waals surface area contributed by atoms with Crippen molar-refractivity contribution < 1.29 is 4.74 Å². The molecule has 0 aliphatic rings.